The average molecular weight is 518 g/mol. The molecule has 0 N–H and O–H groups in total. The van der Waals surface area contributed by atoms with E-state index in [9.17, 15) is 13.2 Å². The lowest BCUT2D eigenvalue weighted by Crippen LogP contribution is -2.38. The highest BCUT2D eigenvalue weighted by Crippen LogP contribution is 2.36. The number of carbonyl (C=O) groups excluding carboxylic acids is 1. The number of rotatable bonds is 12. The number of hydrogen-bond donors (Lipinski definition) is 0. The molecule has 0 aliphatic carbocycles. The number of benzene rings is 2. The van der Waals surface area contributed by atoms with Crippen molar-refractivity contribution in [2.24, 2.45) is 0 Å². The molecular weight excluding hydrogens is 482 g/mol. The van der Waals surface area contributed by atoms with Gasteiger partial charge < -0.3 is 9.64 Å². The minimum atomic E-state index is -3.44. The van der Waals surface area contributed by atoms with Gasteiger partial charge in [-0.3, -0.25) is 9.69 Å². The quantitative estimate of drug-likeness (QED) is 0.342. The molecule has 7 nitrogen and oxygen atoms in total. The maximum absolute atomic E-state index is 13.4. The van der Waals surface area contributed by atoms with Gasteiger partial charge in [-0.25, -0.2) is 13.4 Å². The summed E-state index contributed by atoms with van der Waals surface area (Å²) in [5, 5.41) is 0.617. The van der Waals surface area contributed by atoms with Gasteiger partial charge in [0.2, 0.25) is 5.91 Å². The monoisotopic (exact) mass is 517 g/mol. The first kappa shape index (κ1) is 27.1. The van der Waals surface area contributed by atoms with Crippen molar-refractivity contribution in [2.45, 2.75) is 45.4 Å². The highest BCUT2D eigenvalue weighted by molar-refractivity contribution is 7.91. The van der Waals surface area contributed by atoms with E-state index in [4.69, 9.17) is 9.72 Å². The third-order valence-electron chi connectivity index (χ3n) is 6.16. The number of likely N-dealkylation sites (N-methyl/N-ethyl adjacent to an activating group) is 1. The summed E-state index contributed by atoms with van der Waals surface area (Å²) >= 11 is 1.47. The van der Waals surface area contributed by atoms with Crippen molar-refractivity contribution in [1.29, 1.82) is 0 Å². The zero-order valence-corrected chi connectivity index (χ0v) is 22.8. The molecular formula is C26H35N3O4S2. The van der Waals surface area contributed by atoms with Gasteiger partial charge in [-0.05, 0) is 57.1 Å². The fourth-order valence-electron chi connectivity index (χ4n) is 3.90. The molecule has 0 saturated heterocycles. The molecule has 1 heterocycles. The normalized spacial score (nSPS) is 11.8. The standard InChI is InChI=1S/C26H35N3O4S2/c1-6-28(7-2)16-17-29(26-27-24-22(33-5)15-12-20(4)25(24)34-26)23(30)9-8-18-35(31,32)21-13-10-19(3)11-14-21/h10-15H,6-9,16-18H2,1-5H3. The number of methoxy groups -OCH3 is 1. The van der Waals surface area contributed by atoms with Crippen LogP contribution in [0.3, 0.4) is 0 Å². The van der Waals surface area contributed by atoms with Gasteiger partial charge in [0.15, 0.2) is 15.0 Å². The lowest BCUT2D eigenvalue weighted by atomic mass is 10.2. The molecule has 0 radical (unpaired) electrons. The van der Waals surface area contributed by atoms with E-state index in [-0.39, 0.29) is 24.5 Å². The van der Waals surface area contributed by atoms with E-state index in [0.29, 0.717) is 28.9 Å². The number of aromatic nitrogens is 1. The van der Waals surface area contributed by atoms with Gasteiger partial charge in [0.05, 0.1) is 22.5 Å². The molecule has 3 aromatic rings. The van der Waals surface area contributed by atoms with E-state index in [0.717, 1.165) is 34.4 Å². The second kappa shape index (κ2) is 12.0. The van der Waals surface area contributed by atoms with E-state index in [1.54, 1.807) is 36.3 Å². The Morgan fingerprint density at radius 2 is 1.71 bits per heavy atom. The molecule has 0 saturated carbocycles. The minimum Gasteiger partial charge on any atom is -0.494 e. The Labute approximate surface area is 212 Å². The number of anilines is 1. The number of thiazole rings is 1. The van der Waals surface area contributed by atoms with Crippen LogP contribution in [0.15, 0.2) is 41.3 Å². The molecule has 0 atom stereocenters. The van der Waals surface area contributed by atoms with Crippen molar-refractivity contribution in [2.75, 3.05) is 43.9 Å². The van der Waals surface area contributed by atoms with Crippen molar-refractivity contribution in [3.05, 3.63) is 47.5 Å². The molecule has 190 valence electrons. The molecule has 0 aliphatic rings. The summed E-state index contributed by atoms with van der Waals surface area (Å²) in [6.45, 7) is 11.1. The van der Waals surface area contributed by atoms with Crippen LogP contribution in [0.4, 0.5) is 5.13 Å². The Balaban J connectivity index is 1.80. The summed E-state index contributed by atoms with van der Waals surface area (Å²) < 4.78 is 31.9. The molecule has 3 rings (SSSR count). The zero-order valence-electron chi connectivity index (χ0n) is 21.2. The fraction of sp³-hybridized carbons (Fsp3) is 0.462. The summed E-state index contributed by atoms with van der Waals surface area (Å²) in [7, 11) is -1.83. The van der Waals surface area contributed by atoms with Crippen LogP contribution in [0.2, 0.25) is 0 Å². The molecule has 9 heteroatoms. The largest absolute Gasteiger partial charge is 0.494 e. The second-order valence-corrected chi connectivity index (χ2v) is 11.7. The second-order valence-electron chi connectivity index (χ2n) is 8.57. The van der Waals surface area contributed by atoms with Crippen LogP contribution in [0.25, 0.3) is 10.2 Å². The maximum atomic E-state index is 13.4. The predicted octanol–water partition coefficient (Wildman–Crippen LogP) is 4.85. The minimum absolute atomic E-state index is 0.0710. The van der Waals surface area contributed by atoms with E-state index in [1.165, 1.54) is 11.3 Å². The molecule has 0 unspecified atom stereocenters. The van der Waals surface area contributed by atoms with Gasteiger partial charge in [0.1, 0.15) is 11.3 Å². The molecule has 0 spiro atoms. The summed E-state index contributed by atoms with van der Waals surface area (Å²) in [4.78, 5) is 22.4. The van der Waals surface area contributed by atoms with Crippen LogP contribution < -0.4 is 9.64 Å². The first-order valence-corrected chi connectivity index (χ1v) is 14.4. The number of fused-ring (bicyclic) bond motifs is 1. The fourth-order valence-corrected chi connectivity index (χ4v) is 6.30. The molecule has 0 fully saturated rings. The number of ether oxygens (including phenoxy) is 1. The van der Waals surface area contributed by atoms with Gasteiger partial charge in [0, 0.05) is 19.5 Å². The van der Waals surface area contributed by atoms with Crippen LogP contribution in [0.1, 0.15) is 37.8 Å². The van der Waals surface area contributed by atoms with Crippen molar-refractivity contribution in [3.63, 3.8) is 0 Å². The number of aryl methyl sites for hydroxylation is 2. The van der Waals surface area contributed by atoms with E-state index >= 15 is 0 Å². The third-order valence-corrected chi connectivity index (χ3v) is 9.19. The van der Waals surface area contributed by atoms with Crippen molar-refractivity contribution < 1.29 is 17.9 Å². The number of carbonyl (C=O) groups is 1. The third kappa shape index (κ3) is 6.59. The van der Waals surface area contributed by atoms with Crippen LogP contribution in [0, 0.1) is 13.8 Å². The maximum Gasteiger partial charge on any atom is 0.228 e. The topological polar surface area (TPSA) is 79.8 Å². The highest BCUT2D eigenvalue weighted by Gasteiger charge is 2.23. The highest BCUT2D eigenvalue weighted by atomic mass is 32.2. The van der Waals surface area contributed by atoms with E-state index < -0.39 is 9.84 Å². The van der Waals surface area contributed by atoms with Gasteiger partial charge >= 0.3 is 0 Å². The average Bonchev–Trinajstić information content (AvgIpc) is 3.28. The van der Waals surface area contributed by atoms with Crippen LogP contribution in [0.5, 0.6) is 5.75 Å². The lowest BCUT2D eigenvalue weighted by molar-refractivity contribution is -0.118. The first-order valence-electron chi connectivity index (χ1n) is 12.0. The predicted molar refractivity (Wildman–Crippen MR) is 144 cm³/mol. The van der Waals surface area contributed by atoms with Gasteiger partial charge in [0.25, 0.3) is 0 Å². The molecule has 1 amide bonds. The molecule has 35 heavy (non-hydrogen) atoms. The van der Waals surface area contributed by atoms with Gasteiger partial charge in [-0.1, -0.05) is 48.9 Å². The van der Waals surface area contributed by atoms with Crippen molar-refractivity contribution in [1.82, 2.24) is 9.88 Å². The van der Waals surface area contributed by atoms with Gasteiger partial charge in [-0.15, -0.1) is 0 Å². The van der Waals surface area contributed by atoms with Crippen LogP contribution >= 0.6 is 11.3 Å². The first-order chi connectivity index (χ1) is 16.7. The number of amides is 1. The summed E-state index contributed by atoms with van der Waals surface area (Å²) in [6, 6.07) is 10.7. The van der Waals surface area contributed by atoms with Gasteiger partial charge in [-0.2, -0.15) is 0 Å². The number of nitrogens with zero attached hydrogens (tertiary/aromatic N) is 3. The molecule has 0 bridgehead atoms. The number of sulfone groups is 1. The van der Waals surface area contributed by atoms with Crippen molar-refractivity contribution >= 4 is 42.4 Å². The lowest BCUT2D eigenvalue weighted by Gasteiger charge is -2.24. The summed E-state index contributed by atoms with van der Waals surface area (Å²) in [5.41, 5.74) is 2.82. The smallest absolute Gasteiger partial charge is 0.228 e. The Bertz CT molecular complexity index is 1250. The SMILES string of the molecule is CCN(CC)CCN(C(=O)CCCS(=O)(=O)c1ccc(C)cc1)c1nc2c(OC)ccc(C)c2s1. The Kier molecular flexibility index (Phi) is 9.27. The molecule has 0 aliphatic heterocycles. The molecule has 1 aromatic heterocycles. The number of hydrogen-bond acceptors (Lipinski definition) is 7. The van der Waals surface area contributed by atoms with Crippen molar-refractivity contribution in [3.8, 4) is 5.75 Å². The Morgan fingerprint density at radius 1 is 1.03 bits per heavy atom. The van der Waals surface area contributed by atoms with Crippen LogP contribution in [-0.2, 0) is 14.6 Å². The molecule has 2 aromatic carbocycles. The summed E-state index contributed by atoms with van der Waals surface area (Å²) in [6.07, 6.45) is 0.388. The van der Waals surface area contributed by atoms with E-state index in [2.05, 4.69) is 18.7 Å². The zero-order chi connectivity index (χ0) is 25.6. The summed E-state index contributed by atoms with van der Waals surface area (Å²) in [5.74, 6) is 0.485. The van der Waals surface area contributed by atoms with Crippen LogP contribution in [-0.4, -0.2) is 63.3 Å². The Hall–Kier alpha value is -2.49. The Morgan fingerprint density at radius 3 is 2.34 bits per heavy atom. The van der Waals surface area contributed by atoms with E-state index in [1.807, 2.05) is 26.0 Å².